The number of nitrogens with zero attached hydrogens (tertiary/aromatic N) is 1. The predicted molar refractivity (Wildman–Crippen MR) is 74.0 cm³/mol. The van der Waals surface area contributed by atoms with Gasteiger partial charge in [-0.15, -0.1) is 0 Å². The van der Waals surface area contributed by atoms with Crippen molar-refractivity contribution in [2.24, 2.45) is 0 Å². The van der Waals surface area contributed by atoms with Crippen molar-refractivity contribution in [1.82, 2.24) is 4.90 Å². The van der Waals surface area contributed by atoms with Crippen LogP contribution in [0.25, 0.3) is 0 Å². The Balaban J connectivity index is 2.25. The molecule has 0 saturated carbocycles. The topological polar surface area (TPSA) is 29.3 Å². The van der Waals surface area contributed by atoms with E-state index in [2.05, 4.69) is 37.8 Å². The summed E-state index contributed by atoms with van der Waals surface area (Å²) in [7, 11) is 0. The van der Waals surface area contributed by atoms with Crippen molar-refractivity contribution in [3.05, 3.63) is 29.3 Å². The first kappa shape index (κ1) is 12.4. The molecule has 1 aliphatic carbocycles. The van der Waals surface area contributed by atoms with Gasteiger partial charge in [-0.3, -0.25) is 4.90 Å². The fourth-order valence-corrected chi connectivity index (χ4v) is 2.99. The molecule has 1 aromatic rings. The number of hydrogen-bond donors (Lipinski definition) is 1. The van der Waals surface area contributed by atoms with E-state index in [0.717, 1.165) is 5.69 Å². The summed E-state index contributed by atoms with van der Waals surface area (Å²) in [4.78, 5) is 2.63. The fourth-order valence-electron chi connectivity index (χ4n) is 2.99. The van der Waals surface area contributed by atoms with E-state index in [-0.39, 0.29) is 0 Å². The van der Waals surface area contributed by atoms with Gasteiger partial charge in [0, 0.05) is 17.8 Å². The van der Waals surface area contributed by atoms with Gasteiger partial charge in [0.15, 0.2) is 0 Å². The third-order valence-corrected chi connectivity index (χ3v) is 3.76. The summed E-state index contributed by atoms with van der Waals surface area (Å²) in [5.74, 6) is 0. The van der Waals surface area contributed by atoms with Crippen LogP contribution in [0.5, 0.6) is 0 Å². The van der Waals surface area contributed by atoms with E-state index in [4.69, 9.17) is 5.73 Å². The Morgan fingerprint density at radius 3 is 2.82 bits per heavy atom. The zero-order valence-electron chi connectivity index (χ0n) is 11.2. The smallest absolute Gasteiger partial charge is 0.0356 e. The van der Waals surface area contributed by atoms with Gasteiger partial charge in [-0.1, -0.05) is 13.0 Å². The van der Waals surface area contributed by atoms with E-state index in [1.807, 2.05) is 6.07 Å². The normalized spacial score (nSPS) is 19.0. The molecule has 0 saturated heterocycles. The number of fused-ring (bicyclic) bond motifs is 1. The maximum atomic E-state index is 5.86. The number of nitrogens with two attached hydrogens (primary N) is 1. The lowest BCUT2D eigenvalue weighted by molar-refractivity contribution is 0.153. The second-order valence-electron chi connectivity index (χ2n) is 5.34. The van der Waals surface area contributed by atoms with Crippen molar-refractivity contribution in [2.75, 3.05) is 12.3 Å². The van der Waals surface area contributed by atoms with Crippen LogP contribution in [0, 0.1) is 0 Å². The molecule has 0 aromatic heterocycles. The largest absolute Gasteiger partial charge is 0.399 e. The van der Waals surface area contributed by atoms with Crippen molar-refractivity contribution < 1.29 is 0 Å². The highest BCUT2D eigenvalue weighted by molar-refractivity contribution is 5.47. The van der Waals surface area contributed by atoms with Gasteiger partial charge in [0.1, 0.15) is 0 Å². The zero-order valence-corrected chi connectivity index (χ0v) is 11.2. The Morgan fingerprint density at radius 1 is 1.41 bits per heavy atom. The average Bonchev–Trinajstić information content (AvgIpc) is 2.68. The minimum absolute atomic E-state index is 0.602. The highest BCUT2D eigenvalue weighted by Crippen LogP contribution is 2.37. The monoisotopic (exact) mass is 232 g/mol. The molecule has 0 heterocycles. The summed E-state index contributed by atoms with van der Waals surface area (Å²) in [6, 6.07) is 7.64. The molecular formula is C15H24N2. The lowest BCUT2D eigenvalue weighted by atomic mass is 10.0. The Bertz CT molecular complexity index is 385. The molecule has 0 amide bonds. The standard InChI is InChI=1S/C15H24N2/c1-4-9-17(11(2)3)15-8-5-12-10-13(16)6-7-14(12)15/h6-7,10-11,15H,4-5,8-9,16H2,1-3H3. The van der Waals surface area contributed by atoms with Crippen LogP contribution >= 0.6 is 0 Å². The molecule has 0 aliphatic heterocycles. The first-order valence-corrected chi connectivity index (χ1v) is 6.77. The molecule has 17 heavy (non-hydrogen) atoms. The molecule has 1 atom stereocenters. The van der Waals surface area contributed by atoms with Gasteiger partial charge < -0.3 is 5.73 Å². The van der Waals surface area contributed by atoms with Crippen molar-refractivity contribution in [3.63, 3.8) is 0 Å². The predicted octanol–water partition coefficient (Wildman–Crippen LogP) is 3.38. The minimum atomic E-state index is 0.602. The first-order chi connectivity index (χ1) is 8.13. The lowest BCUT2D eigenvalue weighted by Crippen LogP contribution is -2.34. The van der Waals surface area contributed by atoms with Gasteiger partial charge in [0.05, 0.1) is 0 Å². The van der Waals surface area contributed by atoms with E-state index in [1.165, 1.54) is 36.9 Å². The summed E-state index contributed by atoms with van der Waals surface area (Å²) < 4.78 is 0. The molecule has 94 valence electrons. The van der Waals surface area contributed by atoms with E-state index in [9.17, 15) is 0 Å². The Hall–Kier alpha value is -1.02. The van der Waals surface area contributed by atoms with Crippen LogP contribution < -0.4 is 5.73 Å². The van der Waals surface area contributed by atoms with Gasteiger partial charge in [-0.05, 0) is 62.9 Å². The van der Waals surface area contributed by atoms with Crippen molar-refractivity contribution in [3.8, 4) is 0 Å². The summed E-state index contributed by atoms with van der Waals surface area (Å²) >= 11 is 0. The van der Waals surface area contributed by atoms with Gasteiger partial charge in [-0.2, -0.15) is 0 Å². The lowest BCUT2D eigenvalue weighted by Gasteiger charge is -2.33. The Labute approximate surface area is 105 Å². The Kier molecular flexibility index (Phi) is 3.72. The number of anilines is 1. The summed E-state index contributed by atoms with van der Waals surface area (Å²) in [6.45, 7) is 8.04. The first-order valence-electron chi connectivity index (χ1n) is 6.77. The van der Waals surface area contributed by atoms with Crippen molar-refractivity contribution in [1.29, 1.82) is 0 Å². The molecule has 2 N–H and O–H groups in total. The van der Waals surface area contributed by atoms with E-state index < -0.39 is 0 Å². The number of nitrogen functional groups attached to an aromatic ring is 1. The van der Waals surface area contributed by atoms with Crippen molar-refractivity contribution >= 4 is 5.69 Å². The molecule has 2 heteroatoms. The summed E-state index contributed by atoms with van der Waals surface area (Å²) in [5.41, 5.74) is 9.71. The maximum absolute atomic E-state index is 5.86. The van der Waals surface area contributed by atoms with E-state index >= 15 is 0 Å². The third-order valence-electron chi connectivity index (χ3n) is 3.76. The molecule has 0 radical (unpaired) electrons. The minimum Gasteiger partial charge on any atom is -0.399 e. The Morgan fingerprint density at radius 2 is 2.18 bits per heavy atom. The second kappa shape index (κ2) is 5.09. The molecule has 1 unspecified atom stereocenters. The number of hydrogen-bond acceptors (Lipinski definition) is 2. The van der Waals surface area contributed by atoms with Crippen LogP contribution in [0.15, 0.2) is 18.2 Å². The highest BCUT2D eigenvalue weighted by atomic mass is 15.2. The van der Waals surface area contributed by atoms with Gasteiger partial charge in [-0.25, -0.2) is 0 Å². The van der Waals surface area contributed by atoms with Crippen LogP contribution in [-0.2, 0) is 6.42 Å². The van der Waals surface area contributed by atoms with Crippen LogP contribution in [0.4, 0.5) is 5.69 Å². The molecule has 1 aliphatic rings. The van der Waals surface area contributed by atoms with Crippen LogP contribution in [0.2, 0.25) is 0 Å². The van der Waals surface area contributed by atoms with E-state index in [1.54, 1.807) is 0 Å². The molecule has 2 rings (SSSR count). The molecule has 0 bridgehead atoms. The highest BCUT2D eigenvalue weighted by Gasteiger charge is 2.28. The van der Waals surface area contributed by atoms with Crippen LogP contribution in [0.3, 0.4) is 0 Å². The van der Waals surface area contributed by atoms with Crippen molar-refractivity contribution in [2.45, 2.75) is 52.1 Å². The fraction of sp³-hybridized carbons (Fsp3) is 0.600. The summed E-state index contributed by atoms with van der Waals surface area (Å²) in [6.07, 6.45) is 3.65. The van der Waals surface area contributed by atoms with E-state index in [0.29, 0.717) is 12.1 Å². The zero-order chi connectivity index (χ0) is 12.4. The average molecular weight is 232 g/mol. The number of aryl methyl sites for hydroxylation is 1. The van der Waals surface area contributed by atoms with Gasteiger partial charge >= 0.3 is 0 Å². The third kappa shape index (κ3) is 2.47. The molecule has 2 nitrogen and oxygen atoms in total. The van der Waals surface area contributed by atoms with Gasteiger partial charge in [0.2, 0.25) is 0 Å². The quantitative estimate of drug-likeness (QED) is 0.806. The number of rotatable bonds is 4. The molecule has 0 spiro atoms. The molecular weight excluding hydrogens is 208 g/mol. The SMILES string of the molecule is CCCN(C(C)C)C1CCc2cc(N)ccc21. The van der Waals surface area contributed by atoms with Crippen LogP contribution in [0.1, 0.15) is 50.8 Å². The van der Waals surface area contributed by atoms with Crippen LogP contribution in [-0.4, -0.2) is 17.5 Å². The van der Waals surface area contributed by atoms with Gasteiger partial charge in [0.25, 0.3) is 0 Å². The molecule has 1 aromatic carbocycles. The summed E-state index contributed by atoms with van der Waals surface area (Å²) in [5, 5.41) is 0. The second-order valence-corrected chi connectivity index (χ2v) is 5.34. The molecule has 0 fully saturated rings. The number of benzene rings is 1. The maximum Gasteiger partial charge on any atom is 0.0356 e.